The Balaban J connectivity index is 1.83. The van der Waals surface area contributed by atoms with E-state index in [1.54, 1.807) is 0 Å². The molecule has 2 heterocycles. The highest BCUT2D eigenvalue weighted by atomic mass is 15.3. The Morgan fingerprint density at radius 1 is 1.24 bits per heavy atom. The van der Waals surface area contributed by atoms with Gasteiger partial charge in [0.15, 0.2) is 0 Å². The Bertz CT molecular complexity index is 407. The third kappa shape index (κ3) is 4.53. The molecule has 0 saturated carbocycles. The number of rotatable bonds is 7. The number of hydrogen-bond donors (Lipinski definition) is 1. The van der Waals surface area contributed by atoms with Crippen molar-refractivity contribution in [3.63, 3.8) is 0 Å². The maximum atomic E-state index is 4.23. The zero-order valence-corrected chi connectivity index (χ0v) is 14.0. The van der Waals surface area contributed by atoms with Gasteiger partial charge in [0.1, 0.15) is 0 Å². The molecule has 2 rings (SSSR count). The van der Waals surface area contributed by atoms with Gasteiger partial charge in [0, 0.05) is 58.1 Å². The molecule has 5 heteroatoms. The SMILES string of the molecule is CCn1cncc1CNCC(C(C)C)N1CCN(C)CC1. The van der Waals surface area contributed by atoms with Crippen LogP contribution in [0.4, 0.5) is 0 Å². The van der Waals surface area contributed by atoms with Crippen LogP contribution in [0, 0.1) is 5.92 Å². The molecule has 1 atom stereocenters. The third-order valence-electron chi connectivity index (χ3n) is 4.58. The molecule has 21 heavy (non-hydrogen) atoms. The lowest BCUT2D eigenvalue weighted by Gasteiger charge is -2.40. The fourth-order valence-electron chi connectivity index (χ4n) is 3.07. The van der Waals surface area contributed by atoms with Crippen molar-refractivity contribution in [2.75, 3.05) is 39.8 Å². The van der Waals surface area contributed by atoms with Crippen LogP contribution in [0.15, 0.2) is 12.5 Å². The topological polar surface area (TPSA) is 36.3 Å². The predicted octanol–water partition coefficient (Wildman–Crippen LogP) is 1.26. The van der Waals surface area contributed by atoms with Crippen molar-refractivity contribution >= 4 is 0 Å². The van der Waals surface area contributed by atoms with Crippen LogP contribution < -0.4 is 5.32 Å². The molecule has 0 aromatic carbocycles. The molecule has 1 N–H and O–H groups in total. The van der Waals surface area contributed by atoms with Gasteiger partial charge in [0.05, 0.1) is 12.0 Å². The van der Waals surface area contributed by atoms with Gasteiger partial charge in [-0.3, -0.25) is 4.90 Å². The Hall–Kier alpha value is -0.910. The molecule has 0 radical (unpaired) electrons. The number of aryl methyl sites for hydroxylation is 1. The molecule has 1 aliphatic heterocycles. The van der Waals surface area contributed by atoms with Gasteiger partial charge in [-0.1, -0.05) is 13.8 Å². The summed E-state index contributed by atoms with van der Waals surface area (Å²) < 4.78 is 2.20. The zero-order chi connectivity index (χ0) is 15.2. The molecule has 1 aromatic heterocycles. The summed E-state index contributed by atoms with van der Waals surface area (Å²) in [5.74, 6) is 0.678. The second-order valence-electron chi connectivity index (χ2n) is 6.45. The van der Waals surface area contributed by atoms with Gasteiger partial charge in [0.2, 0.25) is 0 Å². The number of piperazine rings is 1. The van der Waals surface area contributed by atoms with Gasteiger partial charge in [-0.05, 0) is 19.9 Å². The summed E-state index contributed by atoms with van der Waals surface area (Å²) in [6.45, 7) is 14.5. The normalized spacial score (nSPS) is 19.3. The van der Waals surface area contributed by atoms with E-state index in [2.05, 4.69) is 52.5 Å². The minimum Gasteiger partial charge on any atom is -0.334 e. The molecule has 0 spiro atoms. The molecule has 0 amide bonds. The third-order valence-corrected chi connectivity index (χ3v) is 4.58. The van der Waals surface area contributed by atoms with Gasteiger partial charge in [-0.2, -0.15) is 0 Å². The highest BCUT2D eigenvalue weighted by Gasteiger charge is 2.24. The fraction of sp³-hybridized carbons (Fsp3) is 0.812. The van der Waals surface area contributed by atoms with E-state index in [-0.39, 0.29) is 0 Å². The highest BCUT2D eigenvalue weighted by molar-refractivity contribution is 4.98. The van der Waals surface area contributed by atoms with E-state index < -0.39 is 0 Å². The molecule has 0 aliphatic carbocycles. The number of nitrogens with zero attached hydrogens (tertiary/aromatic N) is 4. The first-order valence-corrected chi connectivity index (χ1v) is 8.24. The monoisotopic (exact) mass is 293 g/mol. The molecule has 0 bridgehead atoms. The molecular formula is C16H31N5. The molecule has 1 saturated heterocycles. The van der Waals surface area contributed by atoms with Gasteiger partial charge < -0.3 is 14.8 Å². The second-order valence-corrected chi connectivity index (χ2v) is 6.45. The molecule has 120 valence electrons. The average Bonchev–Trinajstić information content (AvgIpc) is 2.92. The van der Waals surface area contributed by atoms with Gasteiger partial charge in [-0.15, -0.1) is 0 Å². The molecule has 1 aromatic rings. The van der Waals surface area contributed by atoms with Crippen LogP contribution in [0.5, 0.6) is 0 Å². The lowest BCUT2D eigenvalue weighted by atomic mass is 10.0. The summed E-state index contributed by atoms with van der Waals surface area (Å²) in [7, 11) is 2.21. The lowest BCUT2D eigenvalue weighted by molar-refractivity contribution is 0.0874. The number of imidazole rings is 1. The van der Waals surface area contributed by atoms with E-state index in [9.17, 15) is 0 Å². The predicted molar refractivity (Wildman–Crippen MR) is 87.3 cm³/mol. The van der Waals surface area contributed by atoms with Crippen molar-refractivity contribution in [3.8, 4) is 0 Å². The van der Waals surface area contributed by atoms with Crippen LogP contribution in [0.2, 0.25) is 0 Å². The standard InChI is InChI=1S/C16H31N5/c1-5-20-13-18-11-15(20)10-17-12-16(14(2)3)21-8-6-19(4)7-9-21/h11,13-14,16-17H,5-10,12H2,1-4H3. The van der Waals surface area contributed by atoms with E-state index in [0.717, 1.165) is 19.6 Å². The Kier molecular flexibility index (Phi) is 6.21. The van der Waals surface area contributed by atoms with E-state index >= 15 is 0 Å². The first-order valence-electron chi connectivity index (χ1n) is 8.24. The summed E-state index contributed by atoms with van der Waals surface area (Å²) >= 11 is 0. The number of nitrogens with one attached hydrogen (secondary N) is 1. The van der Waals surface area contributed by atoms with Crippen molar-refractivity contribution in [1.82, 2.24) is 24.7 Å². The van der Waals surface area contributed by atoms with Crippen molar-refractivity contribution in [1.29, 1.82) is 0 Å². The lowest BCUT2D eigenvalue weighted by Crippen LogP contribution is -2.53. The summed E-state index contributed by atoms with van der Waals surface area (Å²) in [5, 5.41) is 3.64. The Labute approximate surface area is 129 Å². The largest absolute Gasteiger partial charge is 0.334 e. The van der Waals surface area contributed by atoms with Crippen LogP contribution in [-0.4, -0.2) is 65.2 Å². The minimum absolute atomic E-state index is 0.622. The smallest absolute Gasteiger partial charge is 0.0948 e. The molecular weight excluding hydrogens is 262 g/mol. The Morgan fingerprint density at radius 2 is 1.95 bits per heavy atom. The first kappa shape index (κ1) is 16.5. The van der Waals surface area contributed by atoms with Crippen molar-refractivity contribution in [2.24, 2.45) is 5.92 Å². The summed E-state index contributed by atoms with van der Waals surface area (Å²) in [5.41, 5.74) is 1.28. The van der Waals surface area contributed by atoms with Crippen LogP contribution in [0.25, 0.3) is 0 Å². The van der Waals surface area contributed by atoms with Crippen molar-refractivity contribution in [3.05, 3.63) is 18.2 Å². The van der Waals surface area contributed by atoms with E-state index in [1.165, 1.54) is 31.9 Å². The van der Waals surface area contributed by atoms with Crippen molar-refractivity contribution < 1.29 is 0 Å². The fourth-order valence-corrected chi connectivity index (χ4v) is 3.07. The average molecular weight is 293 g/mol. The molecule has 1 unspecified atom stereocenters. The Morgan fingerprint density at radius 3 is 2.57 bits per heavy atom. The second kappa shape index (κ2) is 7.92. The van der Waals surface area contributed by atoms with E-state index in [1.807, 2.05) is 12.5 Å². The minimum atomic E-state index is 0.622. The molecule has 1 aliphatic rings. The quantitative estimate of drug-likeness (QED) is 0.821. The van der Waals surface area contributed by atoms with Crippen LogP contribution in [0.1, 0.15) is 26.5 Å². The number of aromatic nitrogens is 2. The number of hydrogen-bond acceptors (Lipinski definition) is 4. The van der Waals surface area contributed by atoms with Crippen molar-refractivity contribution in [2.45, 2.75) is 39.9 Å². The summed E-state index contributed by atoms with van der Waals surface area (Å²) in [6.07, 6.45) is 3.88. The van der Waals surface area contributed by atoms with Crippen LogP contribution in [0.3, 0.4) is 0 Å². The van der Waals surface area contributed by atoms with Gasteiger partial charge >= 0.3 is 0 Å². The zero-order valence-electron chi connectivity index (χ0n) is 14.0. The maximum Gasteiger partial charge on any atom is 0.0948 e. The van der Waals surface area contributed by atoms with Crippen LogP contribution >= 0.6 is 0 Å². The number of likely N-dealkylation sites (N-methyl/N-ethyl adjacent to an activating group) is 1. The highest BCUT2D eigenvalue weighted by Crippen LogP contribution is 2.13. The maximum absolute atomic E-state index is 4.23. The van der Waals surface area contributed by atoms with Gasteiger partial charge in [-0.25, -0.2) is 4.98 Å². The van der Waals surface area contributed by atoms with E-state index in [0.29, 0.717) is 12.0 Å². The first-order chi connectivity index (χ1) is 10.1. The molecule has 5 nitrogen and oxygen atoms in total. The van der Waals surface area contributed by atoms with Gasteiger partial charge in [0.25, 0.3) is 0 Å². The molecule has 1 fully saturated rings. The van der Waals surface area contributed by atoms with Crippen LogP contribution in [-0.2, 0) is 13.1 Å². The van der Waals surface area contributed by atoms with E-state index in [4.69, 9.17) is 0 Å². The summed E-state index contributed by atoms with van der Waals surface area (Å²) in [6, 6.07) is 0.622. The summed E-state index contributed by atoms with van der Waals surface area (Å²) in [4.78, 5) is 9.30.